The van der Waals surface area contributed by atoms with Gasteiger partial charge in [0.1, 0.15) is 5.75 Å². The lowest BCUT2D eigenvalue weighted by molar-refractivity contribution is -0.123. The van der Waals surface area contributed by atoms with Crippen LogP contribution in [0.4, 0.5) is 0 Å². The fourth-order valence-electron chi connectivity index (χ4n) is 1.62. The van der Waals surface area contributed by atoms with Crippen LogP contribution in [0.15, 0.2) is 48.8 Å². The molecule has 5 heteroatoms. The summed E-state index contributed by atoms with van der Waals surface area (Å²) < 4.78 is 7.18. The Hall–Kier alpha value is -2.30. The van der Waals surface area contributed by atoms with Crippen LogP contribution < -0.4 is 10.1 Å². The van der Waals surface area contributed by atoms with Crippen molar-refractivity contribution in [1.82, 2.24) is 15.1 Å². The molecule has 0 spiro atoms. The zero-order valence-electron chi connectivity index (χ0n) is 10.7. The molecule has 0 aliphatic rings. The first-order valence-corrected chi connectivity index (χ1v) is 6.26. The lowest BCUT2D eigenvalue weighted by Crippen LogP contribution is -2.30. The van der Waals surface area contributed by atoms with Gasteiger partial charge in [-0.2, -0.15) is 5.10 Å². The number of aryl methyl sites for hydroxylation is 1. The van der Waals surface area contributed by atoms with E-state index in [1.165, 1.54) is 0 Å². The van der Waals surface area contributed by atoms with Crippen molar-refractivity contribution >= 4 is 5.91 Å². The molecule has 5 nitrogen and oxygen atoms in total. The van der Waals surface area contributed by atoms with E-state index in [4.69, 9.17) is 4.74 Å². The Morgan fingerprint density at radius 3 is 2.84 bits per heavy atom. The SMILES string of the molecule is O=C(COc1ccccc1)NCCCn1cccn1. The lowest BCUT2D eigenvalue weighted by Gasteiger charge is -2.07. The molecule has 0 unspecified atom stereocenters. The van der Waals surface area contributed by atoms with Crippen LogP contribution >= 0.6 is 0 Å². The summed E-state index contributed by atoms with van der Waals surface area (Å²) in [5.74, 6) is 0.596. The number of para-hydroxylation sites is 1. The van der Waals surface area contributed by atoms with Gasteiger partial charge in [0.05, 0.1) is 0 Å². The number of carbonyl (C=O) groups excluding carboxylic acids is 1. The van der Waals surface area contributed by atoms with Gasteiger partial charge in [0, 0.05) is 25.5 Å². The second kappa shape index (κ2) is 7.20. The average molecular weight is 259 g/mol. The maximum absolute atomic E-state index is 11.5. The number of hydrogen-bond donors (Lipinski definition) is 1. The zero-order chi connectivity index (χ0) is 13.3. The standard InChI is InChI=1S/C14H17N3O2/c18-14(12-19-13-6-2-1-3-7-13)15-8-4-10-17-11-5-9-16-17/h1-3,5-7,9,11H,4,8,10,12H2,(H,15,18). The largest absolute Gasteiger partial charge is 0.484 e. The summed E-state index contributed by atoms with van der Waals surface area (Å²) in [6.45, 7) is 1.47. The van der Waals surface area contributed by atoms with Crippen molar-refractivity contribution in [3.63, 3.8) is 0 Å². The molecule has 1 N–H and O–H groups in total. The number of carbonyl (C=O) groups is 1. The van der Waals surface area contributed by atoms with Crippen molar-refractivity contribution in [3.8, 4) is 5.75 Å². The first-order valence-electron chi connectivity index (χ1n) is 6.26. The second-order valence-corrected chi connectivity index (χ2v) is 4.07. The maximum Gasteiger partial charge on any atom is 0.257 e. The lowest BCUT2D eigenvalue weighted by atomic mass is 10.3. The van der Waals surface area contributed by atoms with E-state index in [2.05, 4.69) is 10.4 Å². The molecule has 0 bridgehead atoms. The van der Waals surface area contributed by atoms with Crippen LogP contribution in [0.2, 0.25) is 0 Å². The van der Waals surface area contributed by atoms with E-state index >= 15 is 0 Å². The van der Waals surface area contributed by atoms with E-state index in [0.717, 1.165) is 13.0 Å². The number of ether oxygens (including phenoxy) is 1. The van der Waals surface area contributed by atoms with Gasteiger partial charge in [0.15, 0.2) is 6.61 Å². The van der Waals surface area contributed by atoms with Crippen molar-refractivity contribution in [1.29, 1.82) is 0 Å². The quantitative estimate of drug-likeness (QED) is 0.766. The Morgan fingerprint density at radius 2 is 2.11 bits per heavy atom. The van der Waals surface area contributed by atoms with Crippen LogP contribution in [0.5, 0.6) is 5.75 Å². The van der Waals surface area contributed by atoms with Crippen LogP contribution in [0, 0.1) is 0 Å². The minimum atomic E-state index is -0.107. The Morgan fingerprint density at radius 1 is 1.26 bits per heavy atom. The molecular weight excluding hydrogens is 242 g/mol. The van der Waals surface area contributed by atoms with Gasteiger partial charge in [-0.15, -0.1) is 0 Å². The van der Waals surface area contributed by atoms with Crippen molar-refractivity contribution in [2.24, 2.45) is 0 Å². The normalized spacial score (nSPS) is 10.1. The summed E-state index contributed by atoms with van der Waals surface area (Å²) in [6, 6.07) is 11.2. The Kier molecular flexibility index (Phi) is 4.98. The molecule has 0 fully saturated rings. The first kappa shape index (κ1) is 13.1. The predicted molar refractivity (Wildman–Crippen MR) is 71.8 cm³/mol. The molecule has 2 aromatic rings. The van der Waals surface area contributed by atoms with Gasteiger partial charge in [0.25, 0.3) is 5.91 Å². The van der Waals surface area contributed by atoms with Gasteiger partial charge in [-0.1, -0.05) is 18.2 Å². The number of nitrogens with one attached hydrogen (secondary N) is 1. The van der Waals surface area contributed by atoms with Gasteiger partial charge in [-0.25, -0.2) is 0 Å². The highest BCUT2D eigenvalue weighted by Crippen LogP contribution is 2.07. The molecule has 0 aliphatic carbocycles. The fourth-order valence-corrected chi connectivity index (χ4v) is 1.62. The van der Waals surface area contributed by atoms with E-state index in [1.807, 2.05) is 47.3 Å². The van der Waals surface area contributed by atoms with E-state index in [0.29, 0.717) is 12.3 Å². The fraction of sp³-hybridized carbons (Fsp3) is 0.286. The summed E-state index contributed by atoms with van der Waals surface area (Å²) in [5, 5.41) is 6.90. The van der Waals surface area contributed by atoms with Crippen molar-refractivity contribution in [3.05, 3.63) is 48.8 Å². The number of hydrogen-bond acceptors (Lipinski definition) is 3. The second-order valence-electron chi connectivity index (χ2n) is 4.07. The third kappa shape index (κ3) is 4.83. The van der Waals surface area contributed by atoms with Gasteiger partial charge in [0.2, 0.25) is 0 Å². The van der Waals surface area contributed by atoms with Crippen LogP contribution in [0.3, 0.4) is 0 Å². The number of amides is 1. The minimum absolute atomic E-state index is 0.0474. The zero-order valence-corrected chi connectivity index (χ0v) is 10.7. The highest BCUT2D eigenvalue weighted by atomic mass is 16.5. The summed E-state index contributed by atoms with van der Waals surface area (Å²) >= 11 is 0. The monoisotopic (exact) mass is 259 g/mol. The molecule has 1 amide bonds. The molecule has 0 atom stereocenters. The molecule has 1 aromatic carbocycles. The van der Waals surface area contributed by atoms with Gasteiger partial charge >= 0.3 is 0 Å². The summed E-state index contributed by atoms with van der Waals surface area (Å²) in [7, 11) is 0. The van der Waals surface area contributed by atoms with Gasteiger partial charge in [-0.05, 0) is 24.6 Å². The van der Waals surface area contributed by atoms with Crippen molar-refractivity contribution in [2.75, 3.05) is 13.2 Å². The van der Waals surface area contributed by atoms with Crippen LogP contribution in [-0.2, 0) is 11.3 Å². The maximum atomic E-state index is 11.5. The molecule has 2 rings (SSSR count). The van der Waals surface area contributed by atoms with Crippen molar-refractivity contribution in [2.45, 2.75) is 13.0 Å². The highest BCUT2D eigenvalue weighted by Gasteiger charge is 2.01. The number of nitrogens with zero attached hydrogens (tertiary/aromatic N) is 2. The Balaban J connectivity index is 1.57. The highest BCUT2D eigenvalue weighted by molar-refractivity contribution is 5.77. The van der Waals surface area contributed by atoms with E-state index in [9.17, 15) is 4.79 Å². The third-order valence-electron chi connectivity index (χ3n) is 2.56. The van der Waals surface area contributed by atoms with Crippen LogP contribution in [0.25, 0.3) is 0 Å². The molecule has 1 aromatic heterocycles. The molecule has 0 saturated carbocycles. The van der Waals surface area contributed by atoms with E-state index < -0.39 is 0 Å². The molecule has 100 valence electrons. The molecule has 0 aliphatic heterocycles. The third-order valence-corrected chi connectivity index (χ3v) is 2.56. The summed E-state index contributed by atoms with van der Waals surface area (Å²) in [4.78, 5) is 11.5. The molecular formula is C14H17N3O2. The molecule has 0 radical (unpaired) electrons. The van der Waals surface area contributed by atoms with Crippen LogP contribution in [0.1, 0.15) is 6.42 Å². The summed E-state index contributed by atoms with van der Waals surface area (Å²) in [5.41, 5.74) is 0. The minimum Gasteiger partial charge on any atom is -0.484 e. The molecule has 19 heavy (non-hydrogen) atoms. The molecule has 1 heterocycles. The van der Waals surface area contributed by atoms with Crippen LogP contribution in [-0.4, -0.2) is 28.8 Å². The molecule has 0 saturated heterocycles. The van der Waals surface area contributed by atoms with E-state index in [1.54, 1.807) is 6.20 Å². The number of aromatic nitrogens is 2. The average Bonchev–Trinajstić information content (AvgIpc) is 2.96. The topological polar surface area (TPSA) is 56.1 Å². The number of benzene rings is 1. The smallest absolute Gasteiger partial charge is 0.257 e. The summed E-state index contributed by atoms with van der Waals surface area (Å²) in [6.07, 6.45) is 4.49. The Bertz CT molecular complexity index is 483. The van der Waals surface area contributed by atoms with Gasteiger partial charge < -0.3 is 10.1 Å². The predicted octanol–water partition coefficient (Wildman–Crippen LogP) is 1.47. The number of rotatable bonds is 7. The van der Waals surface area contributed by atoms with Gasteiger partial charge in [-0.3, -0.25) is 9.48 Å². The first-order chi connectivity index (χ1) is 9.34. The Labute approximate surface area is 112 Å². The van der Waals surface area contributed by atoms with Crippen molar-refractivity contribution < 1.29 is 9.53 Å². The van der Waals surface area contributed by atoms with E-state index in [-0.39, 0.29) is 12.5 Å².